The quantitative estimate of drug-likeness (QED) is 0.581. The molecule has 0 aliphatic carbocycles. The van der Waals surface area contributed by atoms with E-state index in [1.165, 1.54) is 4.90 Å². The van der Waals surface area contributed by atoms with E-state index in [-0.39, 0.29) is 6.61 Å². The number of aliphatic hydroxyl groups excluding tert-OH is 1. The molecule has 0 amide bonds. The van der Waals surface area contributed by atoms with E-state index in [0.717, 1.165) is 23.9 Å². The number of benzene rings is 1. The summed E-state index contributed by atoms with van der Waals surface area (Å²) in [6.07, 6.45) is 2.06. The van der Waals surface area contributed by atoms with Gasteiger partial charge >= 0.3 is 0 Å². The number of hydrogen-bond donors (Lipinski definition) is 1. The lowest BCUT2D eigenvalue weighted by Gasteiger charge is -2.08. The Bertz CT molecular complexity index is 301. The molecule has 1 N–H and O–H groups in total. The maximum Gasteiger partial charge on any atom is 0.119 e. The third-order valence-corrected chi connectivity index (χ3v) is 4.27. The van der Waals surface area contributed by atoms with Crippen LogP contribution in [0.15, 0.2) is 29.2 Å². The fourth-order valence-electron chi connectivity index (χ4n) is 1.23. The van der Waals surface area contributed by atoms with Gasteiger partial charge in [0.2, 0.25) is 0 Å². The topological polar surface area (TPSA) is 29.5 Å². The van der Waals surface area contributed by atoms with Gasteiger partial charge in [-0.3, -0.25) is 0 Å². The SMILES string of the molecule is CSc1ccc(OCCSCC(C)CO)cc1. The summed E-state index contributed by atoms with van der Waals surface area (Å²) in [4.78, 5) is 1.25. The zero-order valence-corrected chi connectivity index (χ0v) is 12.0. The number of ether oxygens (including phenoxy) is 1. The molecule has 0 saturated heterocycles. The van der Waals surface area contributed by atoms with Crippen molar-refractivity contribution in [1.29, 1.82) is 0 Å². The second-order valence-corrected chi connectivity index (χ2v) is 5.92. The van der Waals surface area contributed by atoms with Gasteiger partial charge in [0, 0.05) is 17.3 Å². The van der Waals surface area contributed by atoms with Crippen molar-refractivity contribution in [2.75, 3.05) is 31.0 Å². The van der Waals surface area contributed by atoms with Crippen LogP contribution in [0, 0.1) is 5.92 Å². The van der Waals surface area contributed by atoms with Gasteiger partial charge in [-0.05, 0) is 42.2 Å². The van der Waals surface area contributed by atoms with Gasteiger partial charge < -0.3 is 9.84 Å². The summed E-state index contributed by atoms with van der Waals surface area (Å²) in [5.74, 6) is 3.26. The van der Waals surface area contributed by atoms with Gasteiger partial charge in [0.15, 0.2) is 0 Å². The fraction of sp³-hybridized carbons (Fsp3) is 0.538. The molecule has 1 unspecified atom stereocenters. The summed E-state index contributed by atoms with van der Waals surface area (Å²) in [6, 6.07) is 8.15. The molecule has 0 radical (unpaired) electrons. The van der Waals surface area contributed by atoms with Gasteiger partial charge in [-0.1, -0.05) is 6.92 Å². The molecule has 0 fully saturated rings. The minimum atomic E-state index is 0.268. The van der Waals surface area contributed by atoms with Crippen molar-refractivity contribution in [3.8, 4) is 5.75 Å². The van der Waals surface area contributed by atoms with Gasteiger partial charge in [-0.2, -0.15) is 11.8 Å². The van der Waals surface area contributed by atoms with Crippen LogP contribution < -0.4 is 4.74 Å². The fourth-order valence-corrected chi connectivity index (χ4v) is 2.51. The Balaban J connectivity index is 2.13. The molecule has 4 heteroatoms. The lowest BCUT2D eigenvalue weighted by atomic mass is 10.2. The van der Waals surface area contributed by atoms with E-state index >= 15 is 0 Å². The highest BCUT2D eigenvalue weighted by Gasteiger charge is 2.00. The third-order valence-electron chi connectivity index (χ3n) is 2.27. The lowest BCUT2D eigenvalue weighted by Crippen LogP contribution is -2.06. The lowest BCUT2D eigenvalue weighted by molar-refractivity contribution is 0.250. The Kier molecular flexibility index (Phi) is 7.56. The first-order valence-electron chi connectivity index (χ1n) is 5.71. The Labute approximate surface area is 112 Å². The molecule has 1 aromatic rings. The van der Waals surface area contributed by atoms with Gasteiger partial charge in [0.05, 0.1) is 6.61 Å². The summed E-state index contributed by atoms with van der Waals surface area (Å²) in [6.45, 7) is 3.04. The molecule has 0 saturated carbocycles. The van der Waals surface area contributed by atoms with Crippen molar-refractivity contribution in [3.05, 3.63) is 24.3 Å². The zero-order valence-electron chi connectivity index (χ0n) is 10.4. The van der Waals surface area contributed by atoms with Gasteiger partial charge in [-0.25, -0.2) is 0 Å². The normalized spacial score (nSPS) is 12.4. The van der Waals surface area contributed by atoms with E-state index in [2.05, 4.69) is 25.3 Å². The van der Waals surface area contributed by atoms with E-state index < -0.39 is 0 Å². The molecule has 1 atom stereocenters. The minimum Gasteiger partial charge on any atom is -0.493 e. The minimum absolute atomic E-state index is 0.268. The van der Waals surface area contributed by atoms with Crippen LogP contribution in [-0.4, -0.2) is 36.1 Å². The average Bonchev–Trinajstić information content (AvgIpc) is 2.38. The third kappa shape index (κ3) is 6.24. The molecule has 2 nitrogen and oxygen atoms in total. The summed E-state index contributed by atoms with van der Waals surface area (Å²) in [5, 5.41) is 8.87. The van der Waals surface area contributed by atoms with Crippen molar-refractivity contribution in [2.24, 2.45) is 5.92 Å². The molecule has 0 aliphatic rings. The Morgan fingerprint density at radius 3 is 2.59 bits per heavy atom. The first kappa shape index (κ1) is 14.7. The Morgan fingerprint density at radius 1 is 1.29 bits per heavy atom. The van der Waals surface area contributed by atoms with E-state index in [9.17, 15) is 0 Å². The first-order valence-corrected chi connectivity index (χ1v) is 8.09. The molecule has 96 valence electrons. The van der Waals surface area contributed by atoms with Crippen molar-refractivity contribution in [3.63, 3.8) is 0 Å². The molecule has 0 heterocycles. The van der Waals surface area contributed by atoms with E-state index in [4.69, 9.17) is 9.84 Å². The van der Waals surface area contributed by atoms with Crippen LogP contribution >= 0.6 is 23.5 Å². The highest BCUT2D eigenvalue weighted by Crippen LogP contribution is 2.19. The van der Waals surface area contributed by atoms with Gasteiger partial charge in [0.25, 0.3) is 0 Å². The molecule has 0 aromatic heterocycles. The van der Waals surface area contributed by atoms with Crippen molar-refractivity contribution >= 4 is 23.5 Å². The number of aliphatic hydroxyl groups is 1. The summed E-state index contributed by atoms with van der Waals surface area (Å²) >= 11 is 3.56. The van der Waals surface area contributed by atoms with Gasteiger partial charge in [0.1, 0.15) is 5.75 Å². The molecule has 17 heavy (non-hydrogen) atoms. The number of thioether (sulfide) groups is 2. The molecule has 0 bridgehead atoms. The van der Waals surface area contributed by atoms with Crippen LogP contribution in [-0.2, 0) is 0 Å². The monoisotopic (exact) mass is 272 g/mol. The molecule has 1 rings (SSSR count). The second kappa shape index (κ2) is 8.72. The van der Waals surface area contributed by atoms with Crippen LogP contribution in [0.25, 0.3) is 0 Å². The molecular formula is C13H20O2S2. The molecular weight excluding hydrogens is 252 g/mol. The largest absolute Gasteiger partial charge is 0.493 e. The Morgan fingerprint density at radius 2 is 2.00 bits per heavy atom. The Hall–Kier alpha value is -0.320. The van der Waals surface area contributed by atoms with Crippen LogP contribution in [0.5, 0.6) is 5.75 Å². The smallest absolute Gasteiger partial charge is 0.119 e. The number of rotatable bonds is 8. The number of hydrogen-bond acceptors (Lipinski definition) is 4. The van der Waals surface area contributed by atoms with Crippen LogP contribution in [0.2, 0.25) is 0 Å². The maximum atomic E-state index is 8.87. The van der Waals surface area contributed by atoms with E-state index in [0.29, 0.717) is 5.92 Å². The standard InChI is InChI=1S/C13H20O2S2/c1-11(9-14)10-17-8-7-15-12-3-5-13(16-2)6-4-12/h3-6,11,14H,7-10H2,1-2H3. The summed E-state index contributed by atoms with van der Waals surface area (Å²) in [5.41, 5.74) is 0. The molecule has 0 spiro atoms. The zero-order chi connectivity index (χ0) is 12.5. The van der Waals surface area contributed by atoms with Crippen molar-refractivity contribution < 1.29 is 9.84 Å². The first-order chi connectivity index (χ1) is 8.26. The summed E-state index contributed by atoms with van der Waals surface area (Å²) in [7, 11) is 0. The molecule has 1 aromatic carbocycles. The van der Waals surface area contributed by atoms with Crippen LogP contribution in [0.4, 0.5) is 0 Å². The second-order valence-electron chi connectivity index (χ2n) is 3.89. The van der Waals surface area contributed by atoms with Crippen LogP contribution in [0.3, 0.4) is 0 Å². The average molecular weight is 272 g/mol. The predicted octanol–water partition coefficient (Wildman–Crippen LogP) is 3.15. The predicted molar refractivity (Wildman–Crippen MR) is 77.3 cm³/mol. The van der Waals surface area contributed by atoms with Crippen molar-refractivity contribution in [1.82, 2.24) is 0 Å². The van der Waals surface area contributed by atoms with Crippen molar-refractivity contribution in [2.45, 2.75) is 11.8 Å². The summed E-state index contributed by atoms with van der Waals surface area (Å²) < 4.78 is 5.63. The molecule has 0 aliphatic heterocycles. The highest BCUT2D eigenvalue weighted by molar-refractivity contribution is 7.99. The van der Waals surface area contributed by atoms with E-state index in [1.54, 1.807) is 11.8 Å². The van der Waals surface area contributed by atoms with E-state index in [1.807, 2.05) is 23.9 Å². The maximum absolute atomic E-state index is 8.87. The van der Waals surface area contributed by atoms with Crippen LogP contribution in [0.1, 0.15) is 6.92 Å². The highest BCUT2D eigenvalue weighted by atomic mass is 32.2. The van der Waals surface area contributed by atoms with Gasteiger partial charge in [-0.15, -0.1) is 11.8 Å².